The number of fused-ring (bicyclic) bond motifs is 3. The Morgan fingerprint density at radius 1 is 1.22 bits per heavy atom. The number of nitrogens with zero attached hydrogens (tertiary/aromatic N) is 3. The third-order valence-electron chi connectivity index (χ3n) is 3.68. The number of aliphatic imine (C=N–C) groups is 1. The quantitative estimate of drug-likeness (QED) is 0.421. The minimum atomic E-state index is -0.457. The molecular weight excluding hydrogens is 520 g/mol. The first-order valence-electron chi connectivity index (χ1n) is 6.80. The van der Waals surface area contributed by atoms with E-state index in [-0.39, 0.29) is 11.7 Å². The van der Waals surface area contributed by atoms with Gasteiger partial charge in [0, 0.05) is 9.13 Å². The first-order valence-corrected chi connectivity index (χ1v) is 8.95. The molecule has 0 aliphatic carbocycles. The van der Waals surface area contributed by atoms with Crippen LogP contribution in [0.15, 0.2) is 41.4 Å². The van der Waals surface area contributed by atoms with Crippen molar-refractivity contribution in [3.05, 3.63) is 49.1 Å². The van der Waals surface area contributed by atoms with Gasteiger partial charge < -0.3 is 10.8 Å². The number of phenolic OH excluding ortho intramolecular Hbond substituents is 1. The third-order valence-corrected chi connectivity index (χ3v) is 5.12. The number of aromatic nitrogens is 2. The number of aromatic hydroxyl groups is 1. The third kappa shape index (κ3) is 2.43. The lowest BCUT2D eigenvalue weighted by atomic mass is 10.1. The predicted octanol–water partition coefficient (Wildman–Crippen LogP) is 3.24. The van der Waals surface area contributed by atoms with Crippen molar-refractivity contribution in [1.29, 1.82) is 0 Å². The van der Waals surface area contributed by atoms with Crippen molar-refractivity contribution in [2.75, 3.05) is 5.32 Å². The smallest absolute Gasteiger partial charge is 0.212 e. The average Bonchev–Trinajstić information content (AvgIpc) is 2.88. The summed E-state index contributed by atoms with van der Waals surface area (Å²) < 4.78 is 3.76. The minimum absolute atomic E-state index is 0.221. The molecule has 1 atom stereocenters. The Kier molecular flexibility index (Phi) is 3.59. The van der Waals surface area contributed by atoms with Crippen molar-refractivity contribution in [3.8, 4) is 5.75 Å². The van der Waals surface area contributed by atoms with Gasteiger partial charge in [0.2, 0.25) is 5.95 Å². The lowest BCUT2D eigenvalue weighted by Gasteiger charge is -2.24. The Morgan fingerprint density at radius 3 is 2.83 bits per heavy atom. The van der Waals surface area contributed by atoms with Crippen LogP contribution in [-0.4, -0.2) is 20.6 Å². The molecule has 0 fully saturated rings. The molecule has 1 aliphatic rings. The van der Waals surface area contributed by atoms with Crippen LogP contribution in [0.4, 0.5) is 5.95 Å². The molecule has 3 aromatic rings. The fourth-order valence-electron chi connectivity index (χ4n) is 2.71. The summed E-state index contributed by atoms with van der Waals surface area (Å²) in [5.41, 5.74) is 8.42. The molecule has 116 valence electrons. The number of para-hydroxylation sites is 2. The van der Waals surface area contributed by atoms with Crippen LogP contribution in [0.3, 0.4) is 0 Å². The van der Waals surface area contributed by atoms with Gasteiger partial charge in [-0.15, -0.1) is 0 Å². The molecule has 0 radical (unpaired) electrons. The van der Waals surface area contributed by atoms with Crippen LogP contribution in [0, 0.1) is 7.14 Å². The van der Waals surface area contributed by atoms with Gasteiger partial charge >= 0.3 is 0 Å². The van der Waals surface area contributed by atoms with E-state index in [1.807, 2.05) is 41.0 Å². The summed E-state index contributed by atoms with van der Waals surface area (Å²) in [4.78, 5) is 9.06. The maximum atomic E-state index is 10.5. The second-order valence-corrected chi connectivity index (χ2v) is 7.54. The molecular formula is C15H11I2N5O. The zero-order valence-electron chi connectivity index (χ0n) is 11.7. The summed E-state index contributed by atoms with van der Waals surface area (Å²) in [5.74, 6) is 1.13. The minimum Gasteiger partial charge on any atom is -0.506 e. The molecule has 0 bridgehead atoms. The van der Waals surface area contributed by atoms with Crippen LogP contribution in [0.5, 0.6) is 5.75 Å². The number of nitrogens with one attached hydrogen (secondary N) is 1. The van der Waals surface area contributed by atoms with Gasteiger partial charge in [-0.2, -0.15) is 0 Å². The Morgan fingerprint density at radius 2 is 2.00 bits per heavy atom. The number of halogens is 2. The monoisotopic (exact) mass is 531 g/mol. The summed E-state index contributed by atoms with van der Waals surface area (Å²) in [6, 6.07) is 11.6. The average molecular weight is 531 g/mol. The van der Waals surface area contributed by atoms with Gasteiger partial charge in [0.05, 0.1) is 14.6 Å². The van der Waals surface area contributed by atoms with Gasteiger partial charge in [0.15, 0.2) is 12.1 Å². The standard InChI is InChI=1S/C15H11I2N5O/c16-7-5-8(12(23)9(17)6-7)13-20-14(18)21-15-19-10-3-1-2-4-11(10)22(13)15/h1-6,13,23H,(H3,18,19,20,21)/t13-/m1/s1. The van der Waals surface area contributed by atoms with E-state index in [2.05, 4.69) is 60.5 Å². The maximum Gasteiger partial charge on any atom is 0.212 e. The van der Waals surface area contributed by atoms with Crippen molar-refractivity contribution < 1.29 is 5.11 Å². The van der Waals surface area contributed by atoms with Crippen molar-refractivity contribution in [1.82, 2.24) is 9.55 Å². The molecule has 0 amide bonds. The van der Waals surface area contributed by atoms with E-state index in [0.717, 1.165) is 18.2 Å². The van der Waals surface area contributed by atoms with Gasteiger partial charge in [-0.05, 0) is 69.4 Å². The lowest BCUT2D eigenvalue weighted by molar-refractivity contribution is 0.452. The maximum absolute atomic E-state index is 10.5. The van der Waals surface area contributed by atoms with Crippen molar-refractivity contribution in [2.45, 2.75) is 6.17 Å². The first-order chi connectivity index (χ1) is 11.0. The molecule has 4 N–H and O–H groups in total. The number of rotatable bonds is 1. The SMILES string of the molecule is NC1=N[C@@H](c2cc(I)cc(I)c2O)n2c(nc3ccccc32)N1. The zero-order chi connectivity index (χ0) is 16.1. The second kappa shape index (κ2) is 5.51. The van der Waals surface area contributed by atoms with Gasteiger partial charge in [-0.3, -0.25) is 9.88 Å². The van der Waals surface area contributed by atoms with Crippen LogP contribution < -0.4 is 11.1 Å². The number of nitrogens with two attached hydrogens (primary N) is 1. The zero-order valence-corrected chi connectivity index (χ0v) is 16.0. The summed E-state index contributed by atoms with van der Waals surface area (Å²) in [7, 11) is 0. The topological polar surface area (TPSA) is 88.5 Å². The van der Waals surface area contributed by atoms with Crippen LogP contribution >= 0.6 is 45.2 Å². The van der Waals surface area contributed by atoms with E-state index in [4.69, 9.17) is 5.73 Å². The van der Waals surface area contributed by atoms with E-state index in [1.54, 1.807) is 0 Å². The number of anilines is 1. The molecule has 1 aromatic heterocycles. The number of guanidine groups is 1. The molecule has 0 saturated carbocycles. The predicted molar refractivity (Wildman–Crippen MR) is 107 cm³/mol. The molecule has 0 unspecified atom stereocenters. The van der Waals surface area contributed by atoms with Crippen LogP contribution in [-0.2, 0) is 0 Å². The van der Waals surface area contributed by atoms with Gasteiger partial charge in [-0.1, -0.05) is 12.1 Å². The summed E-state index contributed by atoms with van der Waals surface area (Å²) in [6.07, 6.45) is -0.457. The summed E-state index contributed by atoms with van der Waals surface area (Å²) in [5, 5.41) is 13.5. The number of benzene rings is 2. The van der Waals surface area contributed by atoms with E-state index in [1.165, 1.54) is 0 Å². The highest BCUT2D eigenvalue weighted by Gasteiger charge is 2.27. The molecule has 1 aliphatic heterocycles. The molecule has 0 spiro atoms. The molecule has 2 heterocycles. The molecule has 0 saturated heterocycles. The first kappa shape index (κ1) is 15.0. The van der Waals surface area contributed by atoms with Crippen LogP contribution in [0.2, 0.25) is 0 Å². The number of imidazole rings is 1. The highest BCUT2D eigenvalue weighted by atomic mass is 127. The van der Waals surface area contributed by atoms with Crippen LogP contribution in [0.1, 0.15) is 11.7 Å². The van der Waals surface area contributed by atoms with Crippen molar-refractivity contribution >= 4 is 68.1 Å². The molecule has 6 nitrogen and oxygen atoms in total. The largest absolute Gasteiger partial charge is 0.506 e. The Hall–Kier alpha value is -1.56. The summed E-state index contributed by atoms with van der Waals surface area (Å²) in [6.45, 7) is 0. The van der Waals surface area contributed by atoms with Gasteiger partial charge in [0.25, 0.3) is 0 Å². The van der Waals surface area contributed by atoms with Crippen molar-refractivity contribution in [2.24, 2.45) is 10.7 Å². The number of hydrogen-bond acceptors (Lipinski definition) is 5. The fourth-order valence-corrected chi connectivity index (χ4v) is 4.60. The van der Waals surface area contributed by atoms with E-state index < -0.39 is 6.17 Å². The van der Waals surface area contributed by atoms with E-state index in [9.17, 15) is 5.11 Å². The van der Waals surface area contributed by atoms with E-state index >= 15 is 0 Å². The molecule has 23 heavy (non-hydrogen) atoms. The summed E-state index contributed by atoms with van der Waals surface area (Å²) >= 11 is 4.35. The number of hydrogen-bond donors (Lipinski definition) is 3. The Labute approximate surface area is 159 Å². The normalized spacial score (nSPS) is 16.8. The lowest BCUT2D eigenvalue weighted by Crippen LogP contribution is -2.31. The highest BCUT2D eigenvalue weighted by molar-refractivity contribution is 14.1. The van der Waals surface area contributed by atoms with E-state index in [0.29, 0.717) is 11.5 Å². The van der Waals surface area contributed by atoms with Crippen LogP contribution in [0.25, 0.3) is 11.0 Å². The highest BCUT2D eigenvalue weighted by Crippen LogP contribution is 2.38. The van der Waals surface area contributed by atoms with Crippen molar-refractivity contribution in [3.63, 3.8) is 0 Å². The second-order valence-electron chi connectivity index (χ2n) is 5.13. The molecule has 2 aromatic carbocycles. The fraction of sp³-hybridized carbons (Fsp3) is 0.0667. The Bertz CT molecular complexity index is 966. The number of phenols is 1. The molecule has 4 rings (SSSR count). The van der Waals surface area contributed by atoms with Gasteiger partial charge in [-0.25, -0.2) is 9.98 Å². The molecule has 8 heteroatoms. The van der Waals surface area contributed by atoms with Gasteiger partial charge in [0.1, 0.15) is 5.75 Å². The Balaban J connectivity index is 2.01.